The molecule has 0 bridgehead atoms. The van der Waals surface area contributed by atoms with E-state index in [9.17, 15) is 0 Å². The molecule has 0 nitrogen and oxygen atoms in total. The minimum Gasteiger partial charge on any atom is -0.0985 e. The zero-order valence-corrected chi connectivity index (χ0v) is 10.6. The molecule has 0 aromatic heterocycles. The molecule has 0 heterocycles. The number of aryl methyl sites for hydroxylation is 1. The molecule has 0 atom stereocenters. The number of hydrogen-bond donors (Lipinski definition) is 0. The fourth-order valence-electron chi connectivity index (χ4n) is 3.04. The van der Waals surface area contributed by atoms with Gasteiger partial charge in [0.1, 0.15) is 0 Å². The largest absolute Gasteiger partial charge is 0.0985 e. The van der Waals surface area contributed by atoms with E-state index in [1.165, 1.54) is 31.2 Å². The first kappa shape index (κ1) is 11.4. The van der Waals surface area contributed by atoms with E-state index in [0.717, 1.165) is 12.8 Å². The van der Waals surface area contributed by atoms with Crippen LogP contribution in [-0.2, 0) is 25.7 Å². The Morgan fingerprint density at radius 2 is 1.81 bits per heavy atom. The smallest absolute Gasteiger partial charge is 0.0225 e. The summed E-state index contributed by atoms with van der Waals surface area (Å²) < 4.78 is 0. The molecule has 1 aromatic carbocycles. The highest BCUT2D eigenvalue weighted by molar-refractivity contribution is 5.59. The lowest BCUT2D eigenvalue weighted by molar-refractivity contribution is 0.672. The number of fused-ring (bicyclic) bond motifs is 1. The van der Waals surface area contributed by atoms with Crippen molar-refractivity contribution in [2.45, 2.75) is 52.4 Å². The van der Waals surface area contributed by atoms with Crippen molar-refractivity contribution in [3.8, 4) is 0 Å². The zero-order chi connectivity index (χ0) is 11.5. The summed E-state index contributed by atoms with van der Waals surface area (Å²) in [6.07, 6.45) is 9.66. The first-order valence-electron chi connectivity index (χ1n) is 6.60. The van der Waals surface area contributed by atoms with E-state index in [4.69, 9.17) is 0 Å². The summed E-state index contributed by atoms with van der Waals surface area (Å²) in [5.74, 6) is 0. The molecule has 0 radical (unpaired) electrons. The first-order valence-corrected chi connectivity index (χ1v) is 6.60. The van der Waals surface area contributed by atoms with Gasteiger partial charge in [-0.25, -0.2) is 0 Å². The molecule has 0 fully saturated rings. The quantitative estimate of drug-likeness (QED) is 0.702. The Morgan fingerprint density at radius 1 is 1.12 bits per heavy atom. The van der Waals surface area contributed by atoms with Crippen molar-refractivity contribution >= 4 is 6.08 Å². The molecule has 86 valence electrons. The summed E-state index contributed by atoms with van der Waals surface area (Å²) in [5, 5.41) is 0. The van der Waals surface area contributed by atoms with Gasteiger partial charge in [-0.05, 0) is 66.3 Å². The highest BCUT2D eigenvalue weighted by Gasteiger charge is 2.17. The molecular weight excluding hydrogens is 192 g/mol. The average Bonchev–Trinajstić information content (AvgIpc) is 2.36. The Kier molecular flexibility index (Phi) is 3.48. The molecule has 1 aromatic rings. The van der Waals surface area contributed by atoms with Crippen molar-refractivity contribution in [2.75, 3.05) is 0 Å². The average molecular weight is 214 g/mol. The van der Waals surface area contributed by atoms with Gasteiger partial charge in [0.2, 0.25) is 0 Å². The van der Waals surface area contributed by atoms with Crippen molar-refractivity contribution in [2.24, 2.45) is 0 Å². The predicted molar refractivity (Wildman–Crippen MR) is 71.9 cm³/mol. The summed E-state index contributed by atoms with van der Waals surface area (Å²) in [6.45, 7) is 8.50. The van der Waals surface area contributed by atoms with Crippen LogP contribution in [0.2, 0.25) is 0 Å². The Balaban J connectivity index is 2.64. The van der Waals surface area contributed by atoms with E-state index >= 15 is 0 Å². The maximum atomic E-state index is 3.96. The van der Waals surface area contributed by atoms with Gasteiger partial charge in [-0.2, -0.15) is 0 Å². The molecule has 0 heteroatoms. The van der Waals surface area contributed by atoms with Crippen LogP contribution >= 0.6 is 0 Å². The maximum Gasteiger partial charge on any atom is -0.0225 e. The second-order valence-corrected chi connectivity index (χ2v) is 4.68. The topological polar surface area (TPSA) is 0 Å². The van der Waals surface area contributed by atoms with Gasteiger partial charge in [0.25, 0.3) is 0 Å². The van der Waals surface area contributed by atoms with Crippen LogP contribution in [0, 0.1) is 0 Å². The fraction of sp³-hybridized carbons (Fsp3) is 0.500. The molecule has 0 saturated carbocycles. The van der Waals surface area contributed by atoms with Gasteiger partial charge in [0.15, 0.2) is 0 Å². The van der Waals surface area contributed by atoms with Crippen molar-refractivity contribution in [3.05, 3.63) is 40.5 Å². The van der Waals surface area contributed by atoms with Gasteiger partial charge in [-0.1, -0.05) is 32.6 Å². The standard InChI is InChI=1S/C16H22/c1-4-12-11-13(5-2)15-9-7-8-10-16(15)14(12)6-3/h4,11H,1,5-10H2,2-3H3. The second-order valence-electron chi connectivity index (χ2n) is 4.68. The third-order valence-electron chi connectivity index (χ3n) is 3.85. The normalized spacial score (nSPS) is 14.6. The lowest BCUT2D eigenvalue weighted by Gasteiger charge is -2.24. The maximum absolute atomic E-state index is 3.96. The molecule has 0 N–H and O–H groups in total. The van der Waals surface area contributed by atoms with E-state index in [-0.39, 0.29) is 0 Å². The van der Waals surface area contributed by atoms with Crippen molar-refractivity contribution in [1.82, 2.24) is 0 Å². The molecule has 0 saturated heterocycles. The Morgan fingerprint density at radius 3 is 2.38 bits per heavy atom. The third kappa shape index (κ3) is 1.81. The lowest BCUT2D eigenvalue weighted by atomic mass is 9.81. The number of benzene rings is 1. The summed E-state index contributed by atoms with van der Waals surface area (Å²) in [6, 6.07) is 2.37. The summed E-state index contributed by atoms with van der Waals surface area (Å²) in [4.78, 5) is 0. The van der Waals surface area contributed by atoms with E-state index in [1.807, 2.05) is 6.08 Å². The van der Waals surface area contributed by atoms with Crippen LogP contribution in [0.4, 0.5) is 0 Å². The molecule has 2 rings (SSSR count). The molecule has 0 aliphatic heterocycles. The summed E-state index contributed by atoms with van der Waals surface area (Å²) >= 11 is 0. The number of rotatable bonds is 3. The van der Waals surface area contributed by atoms with Crippen LogP contribution in [-0.4, -0.2) is 0 Å². The van der Waals surface area contributed by atoms with E-state index in [2.05, 4.69) is 26.5 Å². The number of hydrogen-bond acceptors (Lipinski definition) is 0. The first-order chi connectivity index (χ1) is 7.81. The second kappa shape index (κ2) is 4.86. The van der Waals surface area contributed by atoms with Gasteiger partial charge in [-0.3, -0.25) is 0 Å². The SMILES string of the molecule is C=Cc1cc(CC)c2c(c1CC)CCCC2. The van der Waals surface area contributed by atoms with Gasteiger partial charge in [-0.15, -0.1) is 0 Å². The van der Waals surface area contributed by atoms with Crippen LogP contribution in [0.1, 0.15) is 54.5 Å². The van der Waals surface area contributed by atoms with Crippen LogP contribution in [0.5, 0.6) is 0 Å². The molecule has 0 unspecified atom stereocenters. The predicted octanol–water partition coefficient (Wildman–Crippen LogP) is 4.33. The Hall–Kier alpha value is -1.04. The van der Waals surface area contributed by atoms with Crippen LogP contribution in [0.15, 0.2) is 12.6 Å². The van der Waals surface area contributed by atoms with Gasteiger partial charge >= 0.3 is 0 Å². The summed E-state index contributed by atoms with van der Waals surface area (Å²) in [5.41, 5.74) is 7.81. The van der Waals surface area contributed by atoms with Crippen molar-refractivity contribution in [1.29, 1.82) is 0 Å². The Bertz CT molecular complexity index is 399. The molecule has 0 amide bonds. The highest BCUT2D eigenvalue weighted by Crippen LogP contribution is 2.31. The monoisotopic (exact) mass is 214 g/mol. The minimum absolute atomic E-state index is 1.15. The zero-order valence-electron chi connectivity index (χ0n) is 10.6. The van der Waals surface area contributed by atoms with Crippen LogP contribution in [0.3, 0.4) is 0 Å². The van der Waals surface area contributed by atoms with Crippen LogP contribution < -0.4 is 0 Å². The van der Waals surface area contributed by atoms with Crippen LogP contribution in [0.25, 0.3) is 6.08 Å². The molecule has 0 spiro atoms. The van der Waals surface area contributed by atoms with E-state index in [1.54, 1.807) is 22.3 Å². The minimum atomic E-state index is 1.15. The van der Waals surface area contributed by atoms with E-state index < -0.39 is 0 Å². The van der Waals surface area contributed by atoms with E-state index in [0.29, 0.717) is 0 Å². The molecule has 1 aliphatic rings. The van der Waals surface area contributed by atoms with Crippen molar-refractivity contribution < 1.29 is 0 Å². The Labute approximate surface area is 99.4 Å². The highest BCUT2D eigenvalue weighted by atomic mass is 14.2. The fourth-order valence-corrected chi connectivity index (χ4v) is 3.04. The molecule has 16 heavy (non-hydrogen) atoms. The molecule has 1 aliphatic carbocycles. The molecular formula is C16H22. The van der Waals surface area contributed by atoms with Crippen molar-refractivity contribution in [3.63, 3.8) is 0 Å². The third-order valence-corrected chi connectivity index (χ3v) is 3.85. The van der Waals surface area contributed by atoms with Gasteiger partial charge < -0.3 is 0 Å². The lowest BCUT2D eigenvalue weighted by Crippen LogP contribution is -2.11. The van der Waals surface area contributed by atoms with Gasteiger partial charge in [0, 0.05) is 0 Å². The summed E-state index contributed by atoms with van der Waals surface area (Å²) in [7, 11) is 0. The van der Waals surface area contributed by atoms with Gasteiger partial charge in [0.05, 0.1) is 0 Å².